The highest BCUT2D eigenvalue weighted by atomic mass is 16.3. The van der Waals surface area contributed by atoms with Crippen molar-refractivity contribution in [2.75, 3.05) is 0 Å². The molecule has 0 atom stereocenters. The molecule has 0 unspecified atom stereocenters. The molecule has 0 radical (unpaired) electrons. The first-order valence-electron chi connectivity index (χ1n) is 11.3. The van der Waals surface area contributed by atoms with E-state index in [-0.39, 0.29) is 0 Å². The van der Waals surface area contributed by atoms with Gasteiger partial charge in [-0.2, -0.15) is 0 Å². The Kier molecular flexibility index (Phi) is 10.9. The summed E-state index contributed by atoms with van der Waals surface area (Å²) in [4.78, 5) is 4.60. The SMILES string of the molecule is CCCCCCCC/C=C\CCCCCCCc1nc2cc(C)ccc2o1. The largest absolute Gasteiger partial charge is 0.441 e. The third-order valence-electron chi connectivity index (χ3n) is 5.24. The number of fused-ring (bicyclic) bond motifs is 1. The summed E-state index contributed by atoms with van der Waals surface area (Å²) in [5.74, 6) is 0.897. The number of hydrogen-bond acceptors (Lipinski definition) is 2. The van der Waals surface area contributed by atoms with E-state index in [0.29, 0.717) is 0 Å². The zero-order chi connectivity index (χ0) is 19.2. The van der Waals surface area contributed by atoms with E-state index in [2.05, 4.69) is 43.1 Å². The number of allylic oxidation sites excluding steroid dienone is 2. The quantitative estimate of drug-likeness (QED) is 0.233. The van der Waals surface area contributed by atoms with Gasteiger partial charge in [-0.05, 0) is 56.7 Å². The van der Waals surface area contributed by atoms with E-state index in [1.807, 2.05) is 6.07 Å². The molecule has 0 bridgehead atoms. The standard InChI is InChI=1S/C25H39NO/c1-3-4-5-6-7-8-9-10-11-12-13-14-15-16-17-18-25-26-23-21-22(2)19-20-24(23)27-25/h10-11,19-21H,3-9,12-18H2,1-2H3/b11-10-. The maximum Gasteiger partial charge on any atom is 0.195 e. The zero-order valence-electron chi connectivity index (χ0n) is 17.6. The van der Waals surface area contributed by atoms with Crippen LogP contribution in [-0.4, -0.2) is 4.98 Å². The van der Waals surface area contributed by atoms with Gasteiger partial charge in [-0.15, -0.1) is 0 Å². The molecule has 2 rings (SSSR count). The number of unbranched alkanes of at least 4 members (excludes halogenated alkanes) is 11. The molecule has 1 heterocycles. The van der Waals surface area contributed by atoms with Crippen LogP contribution in [0.3, 0.4) is 0 Å². The Labute approximate surface area is 166 Å². The predicted octanol–water partition coefficient (Wildman–Crippen LogP) is 8.33. The third-order valence-corrected chi connectivity index (χ3v) is 5.24. The summed E-state index contributed by atoms with van der Waals surface area (Å²) in [6.45, 7) is 4.37. The summed E-state index contributed by atoms with van der Waals surface area (Å²) in [6.07, 6.45) is 23.1. The number of hydrogen-bond donors (Lipinski definition) is 0. The fourth-order valence-electron chi connectivity index (χ4n) is 3.54. The second-order valence-corrected chi connectivity index (χ2v) is 7.91. The third kappa shape index (κ3) is 9.26. The molecule has 2 nitrogen and oxygen atoms in total. The van der Waals surface area contributed by atoms with Gasteiger partial charge in [0.2, 0.25) is 0 Å². The van der Waals surface area contributed by atoms with Gasteiger partial charge in [0, 0.05) is 6.42 Å². The molecule has 2 aromatic rings. The van der Waals surface area contributed by atoms with Crippen molar-refractivity contribution in [3.05, 3.63) is 41.8 Å². The van der Waals surface area contributed by atoms with E-state index in [1.165, 1.54) is 89.0 Å². The fraction of sp³-hybridized carbons (Fsp3) is 0.640. The van der Waals surface area contributed by atoms with Gasteiger partial charge in [0.1, 0.15) is 5.52 Å². The molecule has 0 aliphatic heterocycles. The van der Waals surface area contributed by atoms with Gasteiger partial charge in [0.25, 0.3) is 0 Å². The van der Waals surface area contributed by atoms with Crippen molar-refractivity contribution in [2.45, 2.75) is 104 Å². The van der Waals surface area contributed by atoms with Crippen molar-refractivity contribution in [2.24, 2.45) is 0 Å². The van der Waals surface area contributed by atoms with Crippen LogP contribution < -0.4 is 0 Å². The van der Waals surface area contributed by atoms with E-state index >= 15 is 0 Å². The number of nitrogens with zero attached hydrogens (tertiary/aromatic N) is 1. The summed E-state index contributed by atoms with van der Waals surface area (Å²) in [7, 11) is 0. The lowest BCUT2D eigenvalue weighted by molar-refractivity contribution is 0.506. The molecular weight excluding hydrogens is 330 g/mol. The maximum atomic E-state index is 5.82. The van der Waals surface area contributed by atoms with Crippen molar-refractivity contribution in [1.82, 2.24) is 4.98 Å². The summed E-state index contributed by atoms with van der Waals surface area (Å²) < 4.78 is 5.82. The van der Waals surface area contributed by atoms with Crippen LogP contribution in [0, 0.1) is 6.92 Å². The summed E-state index contributed by atoms with van der Waals surface area (Å²) in [5.41, 5.74) is 3.16. The molecule has 1 aromatic carbocycles. The first-order chi connectivity index (χ1) is 13.3. The number of aromatic nitrogens is 1. The van der Waals surface area contributed by atoms with Gasteiger partial charge >= 0.3 is 0 Å². The lowest BCUT2D eigenvalue weighted by Gasteiger charge is -1.99. The van der Waals surface area contributed by atoms with Crippen molar-refractivity contribution in [3.8, 4) is 0 Å². The van der Waals surface area contributed by atoms with Crippen molar-refractivity contribution < 1.29 is 4.42 Å². The number of rotatable bonds is 15. The molecule has 27 heavy (non-hydrogen) atoms. The van der Waals surface area contributed by atoms with Crippen molar-refractivity contribution in [1.29, 1.82) is 0 Å². The van der Waals surface area contributed by atoms with Crippen LogP contribution in [0.25, 0.3) is 11.1 Å². The summed E-state index contributed by atoms with van der Waals surface area (Å²) in [5, 5.41) is 0. The molecule has 0 amide bonds. The molecule has 2 heteroatoms. The van der Waals surface area contributed by atoms with Crippen molar-refractivity contribution >= 4 is 11.1 Å². The Morgan fingerprint density at radius 3 is 2.15 bits per heavy atom. The lowest BCUT2D eigenvalue weighted by atomic mass is 10.1. The summed E-state index contributed by atoms with van der Waals surface area (Å²) >= 11 is 0. The Hall–Kier alpha value is -1.57. The predicted molar refractivity (Wildman–Crippen MR) is 117 cm³/mol. The lowest BCUT2D eigenvalue weighted by Crippen LogP contribution is -1.86. The summed E-state index contributed by atoms with van der Waals surface area (Å²) in [6, 6.07) is 6.21. The molecule has 0 saturated heterocycles. The molecule has 0 aliphatic carbocycles. The van der Waals surface area contributed by atoms with Gasteiger partial charge in [0.05, 0.1) is 0 Å². The van der Waals surface area contributed by atoms with E-state index in [0.717, 1.165) is 23.4 Å². The average Bonchev–Trinajstić information content (AvgIpc) is 3.06. The van der Waals surface area contributed by atoms with E-state index in [9.17, 15) is 0 Å². The highest BCUT2D eigenvalue weighted by Gasteiger charge is 2.05. The van der Waals surface area contributed by atoms with Gasteiger partial charge in [-0.1, -0.05) is 76.5 Å². The van der Waals surface area contributed by atoms with E-state index < -0.39 is 0 Å². The normalized spacial score (nSPS) is 11.8. The Bertz CT molecular complexity index is 655. The van der Waals surface area contributed by atoms with Crippen LogP contribution in [0.2, 0.25) is 0 Å². The molecule has 1 aromatic heterocycles. The first-order valence-corrected chi connectivity index (χ1v) is 11.3. The van der Waals surface area contributed by atoms with Crippen LogP contribution >= 0.6 is 0 Å². The van der Waals surface area contributed by atoms with E-state index in [1.54, 1.807) is 0 Å². The Morgan fingerprint density at radius 1 is 0.815 bits per heavy atom. The minimum Gasteiger partial charge on any atom is -0.441 e. The maximum absolute atomic E-state index is 5.82. The topological polar surface area (TPSA) is 26.0 Å². The van der Waals surface area contributed by atoms with Gasteiger partial charge in [0.15, 0.2) is 11.5 Å². The minimum atomic E-state index is 0.897. The van der Waals surface area contributed by atoms with Crippen LogP contribution in [0.5, 0.6) is 0 Å². The average molecular weight is 370 g/mol. The molecule has 0 spiro atoms. The molecule has 0 saturated carbocycles. The van der Waals surface area contributed by atoms with Gasteiger partial charge in [-0.3, -0.25) is 0 Å². The van der Waals surface area contributed by atoms with Crippen LogP contribution in [0.1, 0.15) is 102 Å². The van der Waals surface area contributed by atoms with Crippen molar-refractivity contribution in [3.63, 3.8) is 0 Å². The molecule has 0 fully saturated rings. The molecule has 0 aliphatic rings. The van der Waals surface area contributed by atoms with Crippen LogP contribution in [0.4, 0.5) is 0 Å². The monoisotopic (exact) mass is 369 g/mol. The Balaban J connectivity index is 1.41. The first kappa shape index (κ1) is 21.7. The molecule has 150 valence electrons. The highest BCUT2D eigenvalue weighted by molar-refractivity contribution is 5.73. The number of benzene rings is 1. The number of aryl methyl sites for hydroxylation is 2. The van der Waals surface area contributed by atoms with Crippen LogP contribution in [0.15, 0.2) is 34.8 Å². The zero-order valence-corrected chi connectivity index (χ0v) is 17.6. The molecular formula is C25H39NO. The smallest absolute Gasteiger partial charge is 0.195 e. The van der Waals surface area contributed by atoms with Crippen LogP contribution in [-0.2, 0) is 6.42 Å². The Morgan fingerprint density at radius 2 is 1.44 bits per heavy atom. The number of oxazole rings is 1. The second-order valence-electron chi connectivity index (χ2n) is 7.91. The minimum absolute atomic E-state index is 0.897. The second kappa shape index (κ2) is 13.6. The van der Waals surface area contributed by atoms with E-state index in [4.69, 9.17) is 4.42 Å². The molecule has 0 N–H and O–H groups in total. The fourth-order valence-corrected chi connectivity index (χ4v) is 3.54. The van der Waals surface area contributed by atoms with Gasteiger partial charge < -0.3 is 4.42 Å². The highest BCUT2D eigenvalue weighted by Crippen LogP contribution is 2.18. The van der Waals surface area contributed by atoms with Gasteiger partial charge in [-0.25, -0.2) is 4.98 Å².